The summed E-state index contributed by atoms with van der Waals surface area (Å²) >= 11 is 6.00. The molecular weight excluding hydrogens is 344 g/mol. The molecule has 0 aliphatic rings. The first kappa shape index (κ1) is 16.9. The number of fused-ring (bicyclic) bond motifs is 1. The lowest BCUT2D eigenvalue weighted by molar-refractivity contribution is -0.384. The van der Waals surface area contributed by atoms with Crippen LogP contribution in [0.4, 0.5) is 5.69 Å². The summed E-state index contributed by atoms with van der Waals surface area (Å²) in [6, 6.07) is 11.4. The van der Waals surface area contributed by atoms with Gasteiger partial charge in [0.2, 0.25) is 0 Å². The number of nitrogens with zero attached hydrogens (tertiary/aromatic N) is 3. The van der Waals surface area contributed by atoms with E-state index in [4.69, 9.17) is 11.6 Å². The number of carbonyl (C=O) groups is 1. The third-order valence-corrected chi connectivity index (χ3v) is 4.25. The molecule has 7 nitrogen and oxygen atoms in total. The summed E-state index contributed by atoms with van der Waals surface area (Å²) in [5, 5.41) is 14.1. The second-order valence-electron chi connectivity index (χ2n) is 5.50. The first-order valence-corrected chi connectivity index (χ1v) is 7.97. The zero-order valence-corrected chi connectivity index (χ0v) is 14.2. The zero-order valence-electron chi connectivity index (χ0n) is 13.4. The molecule has 0 spiro atoms. The third kappa shape index (κ3) is 3.46. The molecule has 0 aliphatic heterocycles. The quantitative estimate of drug-likeness (QED) is 0.560. The average molecular weight is 359 g/mol. The van der Waals surface area contributed by atoms with E-state index in [1.807, 2.05) is 11.6 Å². The number of carbonyl (C=O) groups excluding carboxylic acids is 1. The number of imidazole rings is 1. The molecule has 0 saturated heterocycles. The summed E-state index contributed by atoms with van der Waals surface area (Å²) in [7, 11) is 1.84. The van der Waals surface area contributed by atoms with E-state index in [-0.39, 0.29) is 11.6 Å². The van der Waals surface area contributed by atoms with Gasteiger partial charge in [-0.1, -0.05) is 23.7 Å². The number of benzene rings is 2. The van der Waals surface area contributed by atoms with Crippen molar-refractivity contribution < 1.29 is 9.72 Å². The second kappa shape index (κ2) is 6.90. The van der Waals surface area contributed by atoms with Crippen molar-refractivity contribution in [2.45, 2.75) is 6.42 Å². The van der Waals surface area contributed by atoms with E-state index in [2.05, 4.69) is 10.3 Å². The van der Waals surface area contributed by atoms with Crippen LogP contribution in [0.3, 0.4) is 0 Å². The molecular formula is C17H15ClN4O3. The minimum atomic E-state index is -0.447. The van der Waals surface area contributed by atoms with Crippen LogP contribution in [0.25, 0.3) is 11.0 Å². The molecule has 3 rings (SSSR count). The van der Waals surface area contributed by atoms with Crippen molar-refractivity contribution in [2.75, 3.05) is 6.54 Å². The van der Waals surface area contributed by atoms with Gasteiger partial charge in [0.05, 0.1) is 26.5 Å². The van der Waals surface area contributed by atoms with Gasteiger partial charge < -0.3 is 9.88 Å². The lowest BCUT2D eigenvalue weighted by Gasteiger charge is -2.07. The minimum Gasteiger partial charge on any atom is -0.352 e. The van der Waals surface area contributed by atoms with Crippen LogP contribution in [0, 0.1) is 10.1 Å². The van der Waals surface area contributed by atoms with E-state index in [9.17, 15) is 14.9 Å². The average Bonchev–Trinajstić information content (AvgIpc) is 2.90. The van der Waals surface area contributed by atoms with Gasteiger partial charge in [0.1, 0.15) is 5.82 Å². The number of nitro groups is 1. The molecule has 0 fully saturated rings. The highest BCUT2D eigenvalue weighted by Crippen LogP contribution is 2.21. The molecule has 128 valence electrons. The molecule has 3 aromatic rings. The molecule has 1 heterocycles. The number of rotatable bonds is 5. The van der Waals surface area contributed by atoms with E-state index in [1.54, 1.807) is 30.3 Å². The Hall–Kier alpha value is -2.93. The summed E-state index contributed by atoms with van der Waals surface area (Å²) < 4.78 is 1.86. The van der Waals surface area contributed by atoms with Gasteiger partial charge in [-0.05, 0) is 18.2 Å². The van der Waals surface area contributed by atoms with Gasteiger partial charge in [-0.2, -0.15) is 0 Å². The fraction of sp³-hybridized carbons (Fsp3) is 0.176. The van der Waals surface area contributed by atoms with Crippen LogP contribution < -0.4 is 5.32 Å². The Morgan fingerprint density at radius 1 is 1.32 bits per heavy atom. The number of nitro benzene ring substituents is 1. The lowest BCUT2D eigenvalue weighted by atomic mass is 10.2. The van der Waals surface area contributed by atoms with Gasteiger partial charge in [0.15, 0.2) is 0 Å². The molecule has 0 atom stereocenters. The Morgan fingerprint density at radius 3 is 2.80 bits per heavy atom. The summed E-state index contributed by atoms with van der Waals surface area (Å²) in [4.78, 5) is 27.0. The number of halogens is 1. The Kier molecular flexibility index (Phi) is 4.67. The van der Waals surface area contributed by atoms with Crippen molar-refractivity contribution >= 4 is 34.2 Å². The molecule has 0 bridgehead atoms. The maximum absolute atomic E-state index is 12.1. The van der Waals surface area contributed by atoms with Crippen molar-refractivity contribution in [3.8, 4) is 0 Å². The van der Waals surface area contributed by atoms with Gasteiger partial charge in [-0.25, -0.2) is 4.98 Å². The zero-order chi connectivity index (χ0) is 18.0. The fourth-order valence-corrected chi connectivity index (χ4v) is 2.83. The fourth-order valence-electron chi connectivity index (χ4n) is 2.60. The predicted molar refractivity (Wildman–Crippen MR) is 94.9 cm³/mol. The molecule has 8 heteroatoms. The molecule has 0 radical (unpaired) electrons. The van der Waals surface area contributed by atoms with E-state index in [1.165, 1.54) is 12.1 Å². The van der Waals surface area contributed by atoms with E-state index in [0.717, 1.165) is 11.3 Å². The molecule has 25 heavy (non-hydrogen) atoms. The molecule has 1 aromatic heterocycles. The van der Waals surface area contributed by atoms with Crippen LogP contribution in [-0.2, 0) is 13.5 Å². The van der Waals surface area contributed by atoms with E-state index in [0.29, 0.717) is 29.1 Å². The minimum absolute atomic E-state index is 0.00386. The van der Waals surface area contributed by atoms with Gasteiger partial charge in [0.25, 0.3) is 11.6 Å². The van der Waals surface area contributed by atoms with Crippen molar-refractivity contribution in [3.05, 3.63) is 69.0 Å². The van der Waals surface area contributed by atoms with Gasteiger partial charge in [0, 0.05) is 32.1 Å². The maximum Gasteiger partial charge on any atom is 0.271 e. The predicted octanol–water partition coefficient (Wildman–Crippen LogP) is 3.11. The molecule has 2 aromatic carbocycles. The summed E-state index contributed by atoms with van der Waals surface area (Å²) in [6.07, 6.45) is 0.495. The van der Waals surface area contributed by atoms with E-state index < -0.39 is 4.92 Å². The number of nitrogens with one attached hydrogen (secondary N) is 1. The first-order valence-electron chi connectivity index (χ1n) is 7.60. The van der Waals surface area contributed by atoms with Crippen LogP contribution in [0.1, 0.15) is 16.2 Å². The summed E-state index contributed by atoms with van der Waals surface area (Å²) in [6.45, 7) is 0.378. The molecule has 0 unspecified atom stereocenters. The van der Waals surface area contributed by atoms with Crippen LogP contribution >= 0.6 is 11.6 Å². The summed E-state index contributed by atoms with van der Waals surface area (Å²) in [5.41, 5.74) is 1.79. The Labute approximate surface area is 148 Å². The standard InChI is InChI=1S/C17H15ClN4O3/c1-21-15-7-6-11(22(24)25)10-14(15)20-16(21)8-9-19-17(23)12-4-2-3-5-13(12)18/h2-7,10H,8-9H2,1H3,(H,19,23). The molecule has 1 N–H and O–H groups in total. The van der Waals surface area contributed by atoms with E-state index >= 15 is 0 Å². The van der Waals surface area contributed by atoms with Gasteiger partial charge in [-0.3, -0.25) is 14.9 Å². The number of hydrogen-bond donors (Lipinski definition) is 1. The van der Waals surface area contributed by atoms with Crippen molar-refractivity contribution in [3.63, 3.8) is 0 Å². The largest absolute Gasteiger partial charge is 0.352 e. The second-order valence-corrected chi connectivity index (χ2v) is 5.91. The SMILES string of the molecule is Cn1c(CCNC(=O)c2ccccc2Cl)nc2cc([N+](=O)[O-])ccc21. The third-order valence-electron chi connectivity index (χ3n) is 3.92. The smallest absolute Gasteiger partial charge is 0.271 e. The molecule has 1 amide bonds. The van der Waals surface area contributed by atoms with Crippen molar-refractivity contribution in [1.82, 2.24) is 14.9 Å². The maximum atomic E-state index is 12.1. The Morgan fingerprint density at radius 2 is 2.08 bits per heavy atom. The Balaban J connectivity index is 1.71. The highest BCUT2D eigenvalue weighted by atomic mass is 35.5. The lowest BCUT2D eigenvalue weighted by Crippen LogP contribution is -2.26. The summed E-state index contributed by atoms with van der Waals surface area (Å²) in [5.74, 6) is 0.481. The highest BCUT2D eigenvalue weighted by Gasteiger charge is 2.13. The topological polar surface area (TPSA) is 90.1 Å². The number of non-ortho nitro benzene ring substituents is 1. The molecule has 0 aliphatic carbocycles. The van der Waals surface area contributed by atoms with Gasteiger partial charge in [-0.15, -0.1) is 0 Å². The van der Waals surface area contributed by atoms with Crippen LogP contribution in [0.5, 0.6) is 0 Å². The normalized spacial score (nSPS) is 10.8. The van der Waals surface area contributed by atoms with Crippen LogP contribution in [-0.4, -0.2) is 26.9 Å². The number of aryl methyl sites for hydroxylation is 1. The number of amides is 1. The van der Waals surface area contributed by atoms with Gasteiger partial charge >= 0.3 is 0 Å². The highest BCUT2D eigenvalue weighted by molar-refractivity contribution is 6.33. The van der Waals surface area contributed by atoms with Crippen LogP contribution in [0.15, 0.2) is 42.5 Å². The first-order chi connectivity index (χ1) is 12.0. The van der Waals surface area contributed by atoms with Crippen molar-refractivity contribution in [1.29, 1.82) is 0 Å². The number of aromatic nitrogens is 2. The molecule has 0 saturated carbocycles. The van der Waals surface area contributed by atoms with Crippen molar-refractivity contribution in [2.24, 2.45) is 7.05 Å². The number of hydrogen-bond acceptors (Lipinski definition) is 4. The Bertz CT molecular complexity index is 968. The monoisotopic (exact) mass is 358 g/mol. The van der Waals surface area contributed by atoms with Crippen LogP contribution in [0.2, 0.25) is 5.02 Å².